The van der Waals surface area contributed by atoms with Crippen LogP contribution in [-0.4, -0.2) is 36.5 Å². The van der Waals surface area contributed by atoms with Crippen LogP contribution in [0.25, 0.3) is 5.57 Å². The molecule has 19 heavy (non-hydrogen) atoms. The first-order valence-electron chi connectivity index (χ1n) is 6.29. The molecule has 0 saturated heterocycles. The lowest BCUT2D eigenvalue weighted by Crippen LogP contribution is -2.32. The normalized spacial score (nSPS) is 17.6. The van der Waals surface area contributed by atoms with E-state index in [1.807, 2.05) is 23.1 Å². The quantitative estimate of drug-likeness (QED) is 0.792. The van der Waals surface area contributed by atoms with Crippen molar-refractivity contribution >= 4 is 23.0 Å². The summed E-state index contributed by atoms with van der Waals surface area (Å²) in [5, 5.41) is 10.8. The fourth-order valence-electron chi connectivity index (χ4n) is 2.73. The second kappa shape index (κ2) is 4.50. The van der Waals surface area contributed by atoms with Crippen LogP contribution in [0, 0.1) is 0 Å². The summed E-state index contributed by atoms with van der Waals surface area (Å²) < 4.78 is 0. The zero-order chi connectivity index (χ0) is 13.4. The first-order chi connectivity index (χ1) is 9.15. The smallest absolute Gasteiger partial charge is 0.323 e. The number of carbonyl (C=O) groups is 2. The third kappa shape index (κ3) is 2.12. The zero-order valence-corrected chi connectivity index (χ0v) is 10.4. The summed E-state index contributed by atoms with van der Waals surface area (Å²) in [6.45, 7) is 0.790. The molecule has 98 valence electrons. The van der Waals surface area contributed by atoms with Gasteiger partial charge in [-0.3, -0.25) is 14.6 Å². The minimum atomic E-state index is -0.847. The Bertz CT molecular complexity index is 678. The number of hydrogen-bond acceptors (Lipinski definition) is 4. The standard InChI is InChI=1S/C14H14N2O3/c17-10-5-4-9-7-16(8-13(18)19)12-3-1-2-11(14(9)12)15-6-10/h1-3H,4-8H2,(H,18,19). The highest BCUT2D eigenvalue weighted by molar-refractivity contribution is 5.84. The molecule has 1 aromatic rings. The van der Waals surface area contributed by atoms with Crippen molar-refractivity contribution in [3.05, 3.63) is 28.8 Å². The lowest BCUT2D eigenvalue weighted by atomic mass is 10.0. The molecule has 5 nitrogen and oxygen atoms in total. The van der Waals surface area contributed by atoms with E-state index in [9.17, 15) is 9.59 Å². The molecule has 0 amide bonds. The molecule has 0 bridgehead atoms. The molecule has 0 atom stereocenters. The number of Topliss-reactive ketones (excluding diaryl/α,β-unsaturated/α-hetero) is 1. The first-order valence-corrected chi connectivity index (χ1v) is 6.29. The van der Waals surface area contributed by atoms with E-state index in [1.54, 1.807) is 0 Å². The van der Waals surface area contributed by atoms with Gasteiger partial charge in [0.25, 0.3) is 0 Å². The maximum Gasteiger partial charge on any atom is 0.323 e. The Balaban J connectivity index is 2.14. The molecule has 0 unspecified atom stereocenters. The number of anilines is 1. The summed E-state index contributed by atoms with van der Waals surface area (Å²) >= 11 is 0. The van der Waals surface area contributed by atoms with Gasteiger partial charge in [-0.2, -0.15) is 0 Å². The van der Waals surface area contributed by atoms with Gasteiger partial charge in [0, 0.05) is 23.9 Å². The first kappa shape index (κ1) is 11.9. The highest BCUT2D eigenvalue weighted by Gasteiger charge is 2.23. The number of benzene rings is 1. The van der Waals surface area contributed by atoms with E-state index >= 15 is 0 Å². The van der Waals surface area contributed by atoms with Crippen molar-refractivity contribution in [1.29, 1.82) is 0 Å². The van der Waals surface area contributed by atoms with Gasteiger partial charge < -0.3 is 10.0 Å². The molecule has 2 aliphatic rings. The monoisotopic (exact) mass is 258 g/mol. The molecule has 2 aliphatic heterocycles. The van der Waals surface area contributed by atoms with E-state index in [2.05, 4.69) is 4.99 Å². The highest BCUT2D eigenvalue weighted by atomic mass is 16.4. The lowest BCUT2D eigenvalue weighted by molar-refractivity contribution is -0.135. The van der Waals surface area contributed by atoms with Gasteiger partial charge in [-0.25, -0.2) is 0 Å². The van der Waals surface area contributed by atoms with E-state index in [-0.39, 0.29) is 18.9 Å². The van der Waals surface area contributed by atoms with Gasteiger partial charge in [-0.05, 0) is 24.1 Å². The molecule has 0 fully saturated rings. The Morgan fingerprint density at radius 1 is 1.37 bits per heavy atom. The summed E-state index contributed by atoms with van der Waals surface area (Å²) in [6, 6.07) is 5.68. The number of carboxylic acids is 1. The van der Waals surface area contributed by atoms with Crippen LogP contribution in [0.3, 0.4) is 0 Å². The third-order valence-corrected chi connectivity index (χ3v) is 3.55. The van der Waals surface area contributed by atoms with Gasteiger partial charge in [0.1, 0.15) is 6.54 Å². The second-order valence-electron chi connectivity index (χ2n) is 4.88. The van der Waals surface area contributed by atoms with Crippen LogP contribution in [0.2, 0.25) is 0 Å². The van der Waals surface area contributed by atoms with Crippen LogP contribution in [-0.2, 0) is 9.59 Å². The highest BCUT2D eigenvalue weighted by Crippen LogP contribution is 2.20. The fraction of sp³-hybridized carbons (Fsp3) is 0.357. The number of rotatable bonds is 2. The molecular formula is C14H14N2O3. The van der Waals surface area contributed by atoms with Crippen LogP contribution in [0.5, 0.6) is 0 Å². The molecule has 5 heteroatoms. The Hall–Kier alpha value is -2.17. The Morgan fingerprint density at radius 3 is 3.00 bits per heavy atom. The minimum absolute atomic E-state index is 0.0199. The van der Waals surface area contributed by atoms with Crippen LogP contribution in [0.4, 0.5) is 5.69 Å². The third-order valence-electron chi connectivity index (χ3n) is 3.55. The number of nitrogens with zero attached hydrogens (tertiary/aromatic N) is 2. The van der Waals surface area contributed by atoms with Crippen LogP contribution in [0.1, 0.15) is 12.8 Å². The van der Waals surface area contributed by atoms with Crippen molar-refractivity contribution in [3.8, 4) is 0 Å². The van der Waals surface area contributed by atoms with Crippen molar-refractivity contribution in [2.45, 2.75) is 12.8 Å². The molecule has 3 rings (SSSR count). The predicted octanol–water partition coefficient (Wildman–Crippen LogP) is -0.276. The number of carbonyl (C=O) groups excluding carboxylic acids is 1. The molecule has 1 N–H and O–H groups in total. The fourth-order valence-corrected chi connectivity index (χ4v) is 2.73. The SMILES string of the molecule is O=C(O)CN1CC2=c3c1cccc3=NCC(=O)CC2. The van der Waals surface area contributed by atoms with Gasteiger partial charge in [-0.1, -0.05) is 6.07 Å². The summed E-state index contributed by atoms with van der Waals surface area (Å²) in [5.41, 5.74) is 2.05. The molecule has 0 aromatic heterocycles. The zero-order valence-electron chi connectivity index (χ0n) is 10.4. The van der Waals surface area contributed by atoms with Gasteiger partial charge >= 0.3 is 5.97 Å². The number of ketones is 1. The largest absolute Gasteiger partial charge is 0.480 e. The molecule has 1 aromatic carbocycles. The van der Waals surface area contributed by atoms with Crippen molar-refractivity contribution in [2.75, 3.05) is 24.5 Å². The minimum Gasteiger partial charge on any atom is -0.480 e. The van der Waals surface area contributed by atoms with Crippen molar-refractivity contribution in [1.82, 2.24) is 0 Å². The van der Waals surface area contributed by atoms with Gasteiger partial charge in [0.2, 0.25) is 0 Å². The summed E-state index contributed by atoms with van der Waals surface area (Å²) in [6.07, 6.45) is 1.20. The van der Waals surface area contributed by atoms with Crippen LogP contribution >= 0.6 is 0 Å². The molecule has 2 heterocycles. The van der Waals surface area contributed by atoms with Crippen LogP contribution in [0.15, 0.2) is 23.2 Å². The molecular weight excluding hydrogens is 244 g/mol. The predicted molar refractivity (Wildman–Crippen MR) is 69.6 cm³/mol. The maximum atomic E-state index is 11.6. The second-order valence-corrected chi connectivity index (χ2v) is 4.88. The number of carboxylic acid groups (broad SMARTS) is 1. The molecule has 0 radical (unpaired) electrons. The average molecular weight is 258 g/mol. The molecule has 0 saturated carbocycles. The van der Waals surface area contributed by atoms with E-state index < -0.39 is 5.97 Å². The van der Waals surface area contributed by atoms with Crippen molar-refractivity contribution in [2.24, 2.45) is 4.99 Å². The van der Waals surface area contributed by atoms with Crippen LogP contribution < -0.4 is 15.5 Å². The van der Waals surface area contributed by atoms with E-state index in [0.29, 0.717) is 19.4 Å². The molecule has 0 aliphatic carbocycles. The summed E-state index contributed by atoms with van der Waals surface area (Å²) in [7, 11) is 0. The number of hydrogen-bond donors (Lipinski definition) is 1. The van der Waals surface area contributed by atoms with Gasteiger partial charge in [0.15, 0.2) is 5.78 Å². The Morgan fingerprint density at radius 2 is 2.21 bits per heavy atom. The van der Waals surface area contributed by atoms with E-state index in [1.165, 1.54) is 0 Å². The maximum absolute atomic E-state index is 11.6. The summed E-state index contributed by atoms with van der Waals surface area (Å²) in [4.78, 5) is 28.7. The average Bonchev–Trinajstić information content (AvgIpc) is 2.70. The van der Waals surface area contributed by atoms with Gasteiger partial charge in [-0.15, -0.1) is 0 Å². The summed E-state index contributed by atoms with van der Waals surface area (Å²) in [5.74, 6) is -0.708. The Kier molecular flexibility index (Phi) is 2.81. The van der Waals surface area contributed by atoms with E-state index in [0.717, 1.165) is 21.8 Å². The lowest BCUT2D eigenvalue weighted by Gasteiger charge is -2.17. The van der Waals surface area contributed by atoms with E-state index in [4.69, 9.17) is 5.11 Å². The van der Waals surface area contributed by atoms with Crippen molar-refractivity contribution in [3.63, 3.8) is 0 Å². The molecule has 0 spiro atoms. The van der Waals surface area contributed by atoms with Crippen molar-refractivity contribution < 1.29 is 14.7 Å². The van der Waals surface area contributed by atoms with Gasteiger partial charge in [0.05, 0.1) is 11.9 Å². The topological polar surface area (TPSA) is 70.0 Å². The number of aliphatic carboxylic acids is 1. The Labute approximate surface area is 109 Å².